The number of aryl methyl sites for hydroxylation is 1. The molecule has 3 aromatic carbocycles. The average molecular weight is 280 g/mol. The lowest BCUT2D eigenvalue weighted by Gasteiger charge is -2.18. The van der Waals surface area contributed by atoms with Crippen LogP contribution in [0.1, 0.15) is 24.2 Å². The minimum atomic E-state index is -0.449. The molecule has 0 amide bonds. The van der Waals surface area contributed by atoms with Crippen molar-refractivity contribution in [1.29, 1.82) is 0 Å². The number of rotatable bonds is 3. The van der Waals surface area contributed by atoms with Gasteiger partial charge in [0.2, 0.25) is 0 Å². The van der Waals surface area contributed by atoms with E-state index in [2.05, 4.69) is 48.5 Å². The van der Waals surface area contributed by atoms with Crippen LogP contribution in [0.3, 0.4) is 0 Å². The highest BCUT2D eigenvalue weighted by Gasteiger charge is 2.15. The van der Waals surface area contributed by atoms with Gasteiger partial charge >= 0.3 is 0 Å². The summed E-state index contributed by atoms with van der Waals surface area (Å²) in [6, 6.07) is 18.3. The Kier molecular flexibility index (Phi) is 3.60. The largest absolute Gasteiger partial charge is 0.389 e. The quantitative estimate of drug-likeness (QED) is 0.576. The van der Waals surface area contributed by atoms with E-state index in [9.17, 15) is 5.11 Å². The van der Waals surface area contributed by atoms with Gasteiger partial charge in [-0.2, -0.15) is 0 Å². The summed E-state index contributed by atoms with van der Waals surface area (Å²) in [4.78, 5) is 0. The molecule has 0 saturated heterocycles. The Morgan fingerprint density at radius 1 is 0.900 bits per heavy atom. The van der Waals surface area contributed by atoms with Crippen LogP contribution in [0, 0.1) is 0 Å². The van der Waals surface area contributed by atoms with E-state index in [0.717, 1.165) is 12.0 Å². The van der Waals surface area contributed by atoms with E-state index in [4.69, 9.17) is 0 Å². The third-order valence-corrected chi connectivity index (χ3v) is 4.50. The Labute approximate surface area is 122 Å². The summed E-state index contributed by atoms with van der Waals surface area (Å²) in [5, 5.41) is 15.3. The maximum Gasteiger partial charge on any atom is 0.0773 e. The number of aliphatic hydroxyl groups excluding tert-OH is 1. The van der Waals surface area contributed by atoms with E-state index in [1.165, 1.54) is 43.4 Å². The monoisotopic (exact) mass is 280 g/mol. The Morgan fingerprint density at radius 3 is 1.75 bits per heavy atom. The van der Waals surface area contributed by atoms with Crippen molar-refractivity contribution < 1.29 is 5.11 Å². The zero-order valence-electron chi connectivity index (χ0n) is 12.1. The van der Waals surface area contributed by atoms with Gasteiger partial charge in [-0.1, -0.05) is 54.6 Å². The molecule has 1 nitrogen and oxygen atoms in total. The molecule has 0 fully saturated rings. The average Bonchev–Trinajstić information content (AvgIpc) is 2.47. The molecule has 1 unspecified atom stereocenters. The number of hydrogen-bond acceptors (Lipinski definition) is 1. The van der Waals surface area contributed by atoms with Crippen LogP contribution < -0.4 is 0 Å². The molecule has 3 rings (SSSR count). The molecule has 0 bridgehead atoms. The Hall–Kier alpha value is -1.64. The van der Waals surface area contributed by atoms with Crippen LogP contribution in [0.4, 0.5) is 0 Å². The first kappa shape index (κ1) is 13.3. The molecule has 3 aromatic rings. The van der Waals surface area contributed by atoms with Crippen molar-refractivity contribution >= 4 is 31.8 Å². The van der Waals surface area contributed by atoms with E-state index in [1.54, 1.807) is 0 Å². The highest BCUT2D eigenvalue weighted by molar-refractivity contribution is 6.10. The molecule has 20 heavy (non-hydrogen) atoms. The molecule has 102 valence electrons. The Bertz CT molecular complexity index is 705. The van der Waals surface area contributed by atoms with Crippen molar-refractivity contribution in [3.8, 4) is 0 Å². The third-order valence-electron chi connectivity index (χ3n) is 4.00. The van der Waals surface area contributed by atoms with Crippen LogP contribution in [0.15, 0.2) is 48.5 Å². The SMILES string of the molecule is CC(O)c1c2ccccc2c(CC[SiH3])c2ccccc12. The van der Waals surface area contributed by atoms with Gasteiger partial charge < -0.3 is 5.11 Å². The second-order valence-corrected chi connectivity index (χ2v) is 6.41. The van der Waals surface area contributed by atoms with Gasteiger partial charge in [-0.25, -0.2) is 0 Å². The van der Waals surface area contributed by atoms with Crippen LogP contribution in [-0.2, 0) is 6.42 Å². The fourth-order valence-electron chi connectivity index (χ4n) is 3.22. The van der Waals surface area contributed by atoms with E-state index >= 15 is 0 Å². The summed E-state index contributed by atoms with van der Waals surface area (Å²) in [5.41, 5.74) is 2.50. The highest BCUT2D eigenvalue weighted by atomic mass is 28.1. The maximum absolute atomic E-state index is 10.2. The molecule has 1 atom stereocenters. The Morgan fingerprint density at radius 2 is 1.35 bits per heavy atom. The molecule has 0 aliphatic carbocycles. The molecular weight excluding hydrogens is 260 g/mol. The van der Waals surface area contributed by atoms with Gasteiger partial charge in [-0.3, -0.25) is 0 Å². The molecule has 0 spiro atoms. The van der Waals surface area contributed by atoms with E-state index in [1.807, 2.05) is 6.92 Å². The topological polar surface area (TPSA) is 20.2 Å². The molecule has 0 radical (unpaired) electrons. The second kappa shape index (κ2) is 5.39. The standard InChI is InChI=1S/C18H20OSi/c1-12(19)18-16-8-4-2-6-13(16)15(10-11-20)14-7-3-5-9-17(14)18/h2-9,12,19H,10-11H2,1,20H3. The third kappa shape index (κ3) is 2.05. The highest BCUT2D eigenvalue weighted by Crippen LogP contribution is 2.36. The summed E-state index contributed by atoms with van der Waals surface area (Å²) in [5.74, 6) is 0. The van der Waals surface area contributed by atoms with Crippen molar-refractivity contribution in [2.24, 2.45) is 0 Å². The summed E-state index contributed by atoms with van der Waals surface area (Å²) >= 11 is 0. The molecule has 2 heteroatoms. The minimum absolute atomic E-state index is 0.449. The zero-order valence-corrected chi connectivity index (χ0v) is 14.1. The van der Waals surface area contributed by atoms with Crippen molar-refractivity contribution in [2.45, 2.75) is 25.5 Å². The summed E-state index contributed by atoms with van der Waals surface area (Å²) in [6.45, 7) is 1.86. The molecule has 0 saturated carbocycles. The van der Waals surface area contributed by atoms with Crippen LogP contribution >= 0.6 is 0 Å². The van der Waals surface area contributed by atoms with Gasteiger partial charge in [0.15, 0.2) is 0 Å². The van der Waals surface area contributed by atoms with Crippen molar-refractivity contribution in [2.75, 3.05) is 0 Å². The molecule has 0 aliphatic heterocycles. The zero-order chi connectivity index (χ0) is 14.1. The van der Waals surface area contributed by atoms with Crippen LogP contribution in [0.2, 0.25) is 6.04 Å². The molecule has 0 heterocycles. The first-order valence-corrected chi connectivity index (χ1v) is 8.75. The summed E-state index contributed by atoms with van der Waals surface area (Å²) in [7, 11) is 1.22. The number of aliphatic hydroxyl groups is 1. The van der Waals surface area contributed by atoms with Crippen LogP contribution in [0.5, 0.6) is 0 Å². The first-order valence-electron chi connectivity index (χ1n) is 7.34. The van der Waals surface area contributed by atoms with E-state index < -0.39 is 6.10 Å². The lowest BCUT2D eigenvalue weighted by molar-refractivity contribution is 0.202. The van der Waals surface area contributed by atoms with Gasteiger partial charge in [0.25, 0.3) is 0 Å². The fraction of sp³-hybridized carbons (Fsp3) is 0.222. The predicted molar refractivity (Wildman–Crippen MR) is 90.5 cm³/mol. The smallest absolute Gasteiger partial charge is 0.0773 e. The minimum Gasteiger partial charge on any atom is -0.389 e. The predicted octanol–water partition coefficient (Wildman–Crippen LogP) is 3.37. The number of benzene rings is 3. The normalized spacial score (nSPS) is 13.1. The summed E-state index contributed by atoms with van der Waals surface area (Å²) in [6.07, 6.45) is 0.683. The second-order valence-electron chi connectivity index (χ2n) is 5.41. The first-order chi connectivity index (χ1) is 9.74. The lowest BCUT2D eigenvalue weighted by atomic mass is 9.89. The Balaban J connectivity index is 2.54. The number of hydrogen-bond donors (Lipinski definition) is 1. The molecule has 1 N–H and O–H groups in total. The fourth-order valence-corrected chi connectivity index (χ4v) is 3.72. The molecule has 0 aliphatic rings. The van der Waals surface area contributed by atoms with E-state index in [0.29, 0.717) is 0 Å². The van der Waals surface area contributed by atoms with Crippen molar-refractivity contribution in [3.05, 3.63) is 59.7 Å². The van der Waals surface area contributed by atoms with Gasteiger partial charge in [0, 0.05) is 10.2 Å². The summed E-state index contributed by atoms with van der Waals surface area (Å²) < 4.78 is 0. The molecule has 0 aromatic heterocycles. The van der Waals surface area contributed by atoms with Crippen molar-refractivity contribution in [1.82, 2.24) is 0 Å². The van der Waals surface area contributed by atoms with Crippen LogP contribution in [-0.4, -0.2) is 15.3 Å². The van der Waals surface area contributed by atoms with Gasteiger partial charge in [0.05, 0.1) is 6.10 Å². The van der Waals surface area contributed by atoms with E-state index in [-0.39, 0.29) is 0 Å². The van der Waals surface area contributed by atoms with Gasteiger partial charge in [0.1, 0.15) is 0 Å². The lowest BCUT2D eigenvalue weighted by Crippen LogP contribution is -1.99. The number of fused-ring (bicyclic) bond motifs is 2. The van der Waals surface area contributed by atoms with Gasteiger partial charge in [-0.05, 0) is 46.0 Å². The van der Waals surface area contributed by atoms with Gasteiger partial charge in [-0.15, -0.1) is 0 Å². The molecular formula is C18H20OSi. The maximum atomic E-state index is 10.2. The van der Waals surface area contributed by atoms with Crippen molar-refractivity contribution in [3.63, 3.8) is 0 Å². The van der Waals surface area contributed by atoms with Crippen LogP contribution in [0.25, 0.3) is 21.5 Å².